The van der Waals surface area contributed by atoms with E-state index in [9.17, 15) is 0 Å². The molecule has 0 amide bonds. The molecular weight excluding hydrogens is 196 g/mol. The van der Waals surface area contributed by atoms with Gasteiger partial charge in [0.15, 0.2) is 0 Å². The summed E-state index contributed by atoms with van der Waals surface area (Å²) in [6.07, 6.45) is 3.34. The zero-order valence-corrected chi connectivity index (χ0v) is 10.1. The smallest absolute Gasteiger partial charge is 0.0320 e. The first-order chi connectivity index (χ1) is 7.81. The highest BCUT2D eigenvalue weighted by atomic mass is 15.2. The number of aliphatic imine (C=N–C) groups is 1. The molecule has 1 unspecified atom stereocenters. The molecule has 2 atom stereocenters. The van der Waals surface area contributed by atoms with Crippen LogP contribution in [0.3, 0.4) is 0 Å². The van der Waals surface area contributed by atoms with Crippen molar-refractivity contribution in [1.82, 2.24) is 4.90 Å². The Hall–Kier alpha value is -1.15. The molecule has 2 heteroatoms. The fraction of sp³-hybridized carbons (Fsp3) is 0.500. The van der Waals surface area contributed by atoms with Gasteiger partial charge in [0, 0.05) is 31.8 Å². The lowest BCUT2D eigenvalue weighted by molar-refractivity contribution is 0.259. The zero-order valence-electron chi connectivity index (χ0n) is 10.1. The summed E-state index contributed by atoms with van der Waals surface area (Å²) in [6.45, 7) is 4.63. The van der Waals surface area contributed by atoms with Crippen LogP contribution >= 0.6 is 0 Å². The highest BCUT2D eigenvalue weighted by Gasteiger charge is 2.25. The van der Waals surface area contributed by atoms with E-state index in [-0.39, 0.29) is 0 Å². The summed E-state index contributed by atoms with van der Waals surface area (Å²) in [7, 11) is 1.86. The van der Waals surface area contributed by atoms with Crippen molar-refractivity contribution in [3.05, 3.63) is 35.9 Å². The van der Waals surface area contributed by atoms with Gasteiger partial charge in [-0.05, 0) is 25.5 Å². The van der Waals surface area contributed by atoms with Gasteiger partial charge in [-0.15, -0.1) is 0 Å². The van der Waals surface area contributed by atoms with Crippen LogP contribution < -0.4 is 0 Å². The highest BCUT2D eigenvalue weighted by Crippen LogP contribution is 2.26. The highest BCUT2D eigenvalue weighted by molar-refractivity contribution is 5.61. The molecule has 1 heterocycles. The summed E-state index contributed by atoms with van der Waals surface area (Å²) in [5.41, 5.74) is 1.41. The molecule has 1 aromatic carbocycles. The minimum absolute atomic E-state index is 0.524. The minimum atomic E-state index is 0.524. The quantitative estimate of drug-likeness (QED) is 0.709. The Morgan fingerprint density at radius 1 is 1.38 bits per heavy atom. The van der Waals surface area contributed by atoms with Gasteiger partial charge in [-0.3, -0.25) is 4.90 Å². The van der Waals surface area contributed by atoms with Crippen molar-refractivity contribution in [3.8, 4) is 0 Å². The van der Waals surface area contributed by atoms with Crippen LogP contribution in [-0.2, 0) is 0 Å². The summed E-state index contributed by atoms with van der Waals surface area (Å²) in [6, 6.07) is 11.3. The lowest BCUT2D eigenvalue weighted by Crippen LogP contribution is -2.24. The molecule has 0 N–H and O–H groups in total. The van der Waals surface area contributed by atoms with Crippen LogP contribution in [-0.4, -0.2) is 31.3 Å². The van der Waals surface area contributed by atoms with Gasteiger partial charge in [-0.25, -0.2) is 0 Å². The van der Waals surface area contributed by atoms with E-state index in [0.29, 0.717) is 12.0 Å². The molecule has 0 radical (unpaired) electrons. The third-order valence-corrected chi connectivity index (χ3v) is 3.45. The van der Waals surface area contributed by atoms with Gasteiger partial charge in [-0.2, -0.15) is 0 Å². The van der Waals surface area contributed by atoms with E-state index in [2.05, 4.69) is 53.4 Å². The van der Waals surface area contributed by atoms with Gasteiger partial charge in [0.2, 0.25) is 0 Å². The second-order valence-electron chi connectivity index (χ2n) is 4.54. The van der Waals surface area contributed by atoms with Crippen molar-refractivity contribution in [2.45, 2.75) is 19.4 Å². The van der Waals surface area contributed by atoms with Crippen LogP contribution in [0, 0.1) is 5.92 Å². The van der Waals surface area contributed by atoms with Gasteiger partial charge >= 0.3 is 0 Å². The Balaban J connectivity index is 1.99. The standard InChI is InChI=1S/C14H20N2/c1-12(14-6-4-3-5-7-14)16-9-8-13(11-16)10-15-2/h3-7,10,12-13H,8-9,11H2,1-2H3/b15-10+/t12-,13?/m0/s1. The van der Waals surface area contributed by atoms with Crippen molar-refractivity contribution >= 4 is 6.21 Å². The van der Waals surface area contributed by atoms with Crippen molar-refractivity contribution in [1.29, 1.82) is 0 Å². The predicted molar refractivity (Wildman–Crippen MR) is 69.0 cm³/mol. The largest absolute Gasteiger partial charge is 0.301 e. The Morgan fingerprint density at radius 3 is 2.81 bits per heavy atom. The van der Waals surface area contributed by atoms with E-state index in [1.165, 1.54) is 18.5 Å². The van der Waals surface area contributed by atoms with E-state index in [1.54, 1.807) is 0 Å². The molecule has 0 saturated carbocycles. The fourth-order valence-electron chi connectivity index (χ4n) is 2.44. The predicted octanol–water partition coefficient (Wildman–Crippen LogP) is 2.77. The van der Waals surface area contributed by atoms with E-state index in [1.807, 2.05) is 7.05 Å². The molecule has 2 rings (SSSR count). The first-order valence-electron chi connectivity index (χ1n) is 6.02. The monoisotopic (exact) mass is 216 g/mol. The van der Waals surface area contributed by atoms with E-state index >= 15 is 0 Å². The second kappa shape index (κ2) is 5.26. The molecular formula is C14H20N2. The molecule has 0 spiro atoms. The number of rotatable bonds is 3. The number of likely N-dealkylation sites (tertiary alicyclic amines) is 1. The van der Waals surface area contributed by atoms with Crippen LogP contribution in [0.2, 0.25) is 0 Å². The maximum Gasteiger partial charge on any atom is 0.0320 e. The number of benzene rings is 1. The summed E-state index contributed by atoms with van der Waals surface area (Å²) in [4.78, 5) is 6.68. The molecule has 1 aromatic rings. The fourth-order valence-corrected chi connectivity index (χ4v) is 2.44. The third kappa shape index (κ3) is 2.50. The zero-order chi connectivity index (χ0) is 11.4. The van der Waals surface area contributed by atoms with Gasteiger partial charge in [0.1, 0.15) is 0 Å². The van der Waals surface area contributed by atoms with Crippen LogP contribution in [0.15, 0.2) is 35.3 Å². The molecule has 1 aliphatic heterocycles. The van der Waals surface area contributed by atoms with Crippen LogP contribution in [0.1, 0.15) is 24.9 Å². The van der Waals surface area contributed by atoms with E-state index in [0.717, 1.165) is 6.54 Å². The number of nitrogens with zero attached hydrogens (tertiary/aromatic N) is 2. The van der Waals surface area contributed by atoms with Crippen LogP contribution in [0.25, 0.3) is 0 Å². The van der Waals surface area contributed by atoms with Crippen LogP contribution in [0.4, 0.5) is 0 Å². The molecule has 2 nitrogen and oxygen atoms in total. The maximum absolute atomic E-state index is 4.13. The number of hydrogen-bond donors (Lipinski definition) is 0. The molecule has 0 aromatic heterocycles. The lowest BCUT2D eigenvalue weighted by Gasteiger charge is -2.24. The van der Waals surface area contributed by atoms with E-state index < -0.39 is 0 Å². The molecule has 16 heavy (non-hydrogen) atoms. The van der Waals surface area contributed by atoms with Crippen molar-refractivity contribution in [2.75, 3.05) is 20.1 Å². The Kier molecular flexibility index (Phi) is 3.73. The molecule has 1 aliphatic rings. The lowest BCUT2D eigenvalue weighted by atomic mass is 10.1. The molecule has 86 valence electrons. The SMILES string of the molecule is C/N=C/C1CCN([C@@H](C)c2ccccc2)C1. The van der Waals surface area contributed by atoms with Gasteiger partial charge in [-0.1, -0.05) is 30.3 Å². The van der Waals surface area contributed by atoms with Gasteiger partial charge in [0.05, 0.1) is 0 Å². The van der Waals surface area contributed by atoms with Crippen molar-refractivity contribution in [2.24, 2.45) is 10.9 Å². The van der Waals surface area contributed by atoms with Crippen LogP contribution in [0.5, 0.6) is 0 Å². The third-order valence-electron chi connectivity index (χ3n) is 3.45. The van der Waals surface area contributed by atoms with Crippen molar-refractivity contribution < 1.29 is 0 Å². The summed E-state index contributed by atoms with van der Waals surface area (Å²) in [5.74, 6) is 0.649. The molecule has 0 aliphatic carbocycles. The summed E-state index contributed by atoms with van der Waals surface area (Å²) >= 11 is 0. The van der Waals surface area contributed by atoms with Gasteiger partial charge < -0.3 is 4.99 Å². The second-order valence-corrected chi connectivity index (χ2v) is 4.54. The first kappa shape index (κ1) is 11.3. The average molecular weight is 216 g/mol. The van der Waals surface area contributed by atoms with Gasteiger partial charge in [0.25, 0.3) is 0 Å². The average Bonchev–Trinajstić information content (AvgIpc) is 2.78. The molecule has 1 fully saturated rings. The maximum atomic E-state index is 4.13. The molecule has 1 saturated heterocycles. The normalized spacial score (nSPS) is 24.0. The topological polar surface area (TPSA) is 15.6 Å². The first-order valence-corrected chi connectivity index (χ1v) is 6.02. The Labute approximate surface area is 98.0 Å². The van der Waals surface area contributed by atoms with E-state index in [4.69, 9.17) is 0 Å². The minimum Gasteiger partial charge on any atom is -0.301 e. The van der Waals surface area contributed by atoms with Crippen molar-refractivity contribution in [3.63, 3.8) is 0 Å². The Morgan fingerprint density at radius 2 is 2.12 bits per heavy atom. The molecule has 0 bridgehead atoms. The summed E-state index contributed by atoms with van der Waals surface area (Å²) in [5, 5.41) is 0. The number of hydrogen-bond acceptors (Lipinski definition) is 2. The summed E-state index contributed by atoms with van der Waals surface area (Å²) < 4.78 is 0. The Bertz CT molecular complexity index is 345.